The van der Waals surface area contributed by atoms with Gasteiger partial charge in [-0.1, -0.05) is 52.8 Å². The maximum atomic E-state index is 6.54. The molecule has 0 aliphatic rings. The minimum Gasteiger partial charge on any atom is -0.461 e. The van der Waals surface area contributed by atoms with E-state index in [9.17, 15) is 0 Å². The molecule has 2 unspecified atom stereocenters. The molecule has 0 radical (unpaired) electrons. The molecule has 116 valence electrons. The van der Waals surface area contributed by atoms with E-state index in [4.69, 9.17) is 10.2 Å². The third-order valence-electron chi connectivity index (χ3n) is 4.02. The number of nitrogens with two attached hydrogens (primary N) is 1. The van der Waals surface area contributed by atoms with Crippen molar-refractivity contribution >= 4 is 11.0 Å². The van der Waals surface area contributed by atoms with Gasteiger partial charge in [0.05, 0.1) is 0 Å². The van der Waals surface area contributed by atoms with Gasteiger partial charge in [0.2, 0.25) is 0 Å². The van der Waals surface area contributed by atoms with Gasteiger partial charge < -0.3 is 10.2 Å². The molecule has 0 aliphatic heterocycles. The highest BCUT2D eigenvalue weighted by molar-refractivity contribution is 5.82. The topological polar surface area (TPSA) is 39.2 Å². The number of para-hydroxylation sites is 1. The normalized spacial score (nSPS) is 15.3. The Hall–Kier alpha value is -1.28. The van der Waals surface area contributed by atoms with Gasteiger partial charge in [-0.3, -0.25) is 0 Å². The van der Waals surface area contributed by atoms with Gasteiger partial charge in [0, 0.05) is 23.4 Å². The van der Waals surface area contributed by atoms with Crippen LogP contribution in [0.3, 0.4) is 0 Å². The van der Waals surface area contributed by atoms with Crippen LogP contribution in [-0.2, 0) is 6.42 Å². The lowest BCUT2D eigenvalue weighted by atomic mass is 9.82. The highest BCUT2D eigenvalue weighted by Crippen LogP contribution is 2.35. The SMILES string of the molecule is CCc1oc2ccccc2c1C(N)CC(C)CC(C)(C)C. The second-order valence-electron chi connectivity index (χ2n) is 7.50. The minimum atomic E-state index is 0.0564. The maximum absolute atomic E-state index is 6.54. The Kier molecular flexibility index (Phi) is 4.77. The monoisotopic (exact) mass is 287 g/mol. The van der Waals surface area contributed by atoms with Crippen LogP contribution in [0.15, 0.2) is 28.7 Å². The van der Waals surface area contributed by atoms with Crippen LogP contribution in [0.5, 0.6) is 0 Å². The number of rotatable bonds is 5. The van der Waals surface area contributed by atoms with Crippen molar-refractivity contribution in [3.63, 3.8) is 0 Å². The highest BCUT2D eigenvalue weighted by Gasteiger charge is 2.23. The van der Waals surface area contributed by atoms with Crippen LogP contribution >= 0.6 is 0 Å². The fourth-order valence-electron chi connectivity index (χ4n) is 3.47. The van der Waals surface area contributed by atoms with E-state index in [-0.39, 0.29) is 6.04 Å². The Morgan fingerprint density at radius 3 is 2.48 bits per heavy atom. The average Bonchev–Trinajstić information content (AvgIpc) is 2.74. The van der Waals surface area contributed by atoms with Crippen LogP contribution in [0.4, 0.5) is 0 Å². The third kappa shape index (κ3) is 3.88. The third-order valence-corrected chi connectivity index (χ3v) is 4.02. The molecular formula is C19H29NO. The molecular weight excluding hydrogens is 258 g/mol. The van der Waals surface area contributed by atoms with Gasteiger partial charge in [0.25, 0.3) is 0 Å². The Bertz CT molecular complexity index is 591. The fraction of sp³-hybridized carbons (Fsp3) is 0.579. The quantitative estimate of drug-likeness (QED) is 0.793. The molecule has 2 atom stereocenters. The summed E-state index contributed by atoms with van der Waals surface area (Å²) in [5.74, 6) is 1.66. The molecule has 0 spiro atoms. The molecule has 0 saturated carbocycles. The van der Waals surface area contributed by atoms with Crippen molar-refractivity contribution in [2.75, 3.05) is 0 Å². The lowest BCUT2D eigenvalue weighted by Crippen LogP contribution is -2.18. The maximum Gasteiger partial charge on any atom is 0.134 e. The minimum absolute atomic E-state index is 0.0564. The largest absolute Gasteiger partial charge is 0.461 e. The first-order valence-corrected chi connectivity index (χ1v) is 8.07. The summed E-state index contributed by atoms with van der Waals surface area (Å²) >= 11 is 0. The van der Waals surface area contributed by atoms with Crippen molar-refractivity contribution in [2.24, 2.45) is 17.1 Å². The molecule has 0 amide bonds. The van der Waals surface area contributed by atoms with Crippen LogP contribution < -0.4 is 5.73 Å². The molecule has 0 aliphatic carbocycles. The number of aryl methyl sites for hydroxylation is 1. The Balaban J connectivity index is 2.24. The molecule has 2 heteroatoms. The molecule has 0 saturated heterocycles. The average molecular weight is 287 g/mol. The Morgan fingerprint density at radius 1 is 1.19 bits per heavy atom. The number of furan rings is 1. The summed E-state index contributed by atoms with van der Waals surface area (Å²) in [6.07, 6.45) is 3.09. The van der Waals surface area contributed by atoms with E-state index in [0.29, 0.717) is 11.3 Å². The number of fused-ring (bicyclic) bond motifs is 1. The smallest absolute Gasteiger partial charge is 0.134 e. The van der Waals surface area contributed by atoms with Crippen molar-refractivity contribution in [1.29, 1.82) is 0 Å². The second-order valence-corrected chi connectivity index (χ2v) is 7.50. The van der Waals surface area contributed by atoms with Gasteiger partial charge in [-0.15, -0.1) is 0 Å². The van der Waals surface area contributed by atoms with E-state index in [1.165, 1.54) is 17.4 Å². The zero-order valence-electron chi connectivity index (χ0n) is 14.1. The summed E-state index contributed by atoms with van der Waals surface area (Å²) in [5.41, 5.74) is 9.07. The fourth-order valence-corrected chi connectivity index (χ4v) is 3.47. The van der Waals surface area contributed by atoms with Gasteiger partial charge in [0.15, 0.2) is 0 Å². The number of benzene rings is 1. The molecule has 1 aromatic carbocycles. The first kappa shape index (κ1) is 16.1. The van der Waals surface area contributed by atoms with Crippen molar-refractivity contribution in [3.05, 3.63) is 35.6 Å². The van der Waals surface area contributed by atoms with E-state index < -0.39 is 0 Å². The van der Waals surface area contributed by atoms with E-state index in [1.54, 1.807) is 0 Å². The molecule has 0 fully saturated rings. The molecule has 0 bridgehead atoms. The molecule has 2 rings (SSSR count). The van der Waals surface area contributed by atoms with Gasteiger partial charge in [0.1, 0.15) is 11.3 Å². The summed E-state index contributed by atoms with van der Waals surface area (Å²) < 4.78 is 5.97. The second kappa shape index (κ2) is 6.23. The predicted octanol–water partition coefficient (Wildman–Crippen LogP) is 5.46. The number of hydrogen-bond acceptors (Lipinski definition) is 2. The highest BCUT2D eigenvalue weighted by atomic mass is 16.3. The van der Waals surface area contributed by atoms with Crippen LogP contribution in [0.2, 0.25) is 0 Å². The zero-order valence-corrected chi connectivity index (χ0v) is 14.1. The molecule has 1 aromatic heterocycles. The zero-order chi connectivity index (χ0) is 15.6. The van der Waals surface area contributed by atoms with Crippen LogP contribution in [-0.4, -0.2) is 0 Å². The summed E-state index contributed by atoms with van der Waals surface area (Å²) in [4.78, 5) is 0. The molecule has 21 heavy (non-hydrogen) atoms. The predicted molar refractivity (Wildman–Crippen MR) is 90.4 cm³/mol. The van der Waals surface area contributed by atoms with Crippen LogP contribution in [0.1, 0.15) is 64.8 Å². The van der Waals surface area contributed by atoms with Crippen molar-refractivity contribution in [2.45, 2.75) is 59.9 Å². The van der Waals surface area contributed by atoms with Gasteiger partial charge in [-0.25, -0.2) is 0 Å². The van der Waals surface area contributed by atoms with E-state index in [1.807, 2.05) is 12.1 Å². The first-order chi connectivity index (χ1) is 9.81. The first-order valence-electron chi connectivity index (χ1n) is 8.07. The lowest BCUT2D eigenvalue weighted by Gasteiger charge is -2.25. The van der Waals surface area contributed by atoms with Crippen molar-refractivity contribution < 1.29 is 4.42 Å². The van der Waals surface area contributed by atoms with Gasteiger partial charge in [-0.2, -0.15) is 0 Å². The van der Waals surface area contributed by atoms with Gasteiger partial charge in [-0.05, 0) is 30.2 Å². The Labute approximate surface area is 128 Å². The van der Waals surface area contributed by atoms with Crippen LogP contribution in [0.25, 0.3) is 11.0 Å². The summed E-state index contributed by atoms with van der Waals surface area (Å²) in [7, 11) is 0. The number of hydrogen-bond donors (Lipinski definition) is 1. The molecule has 2 nitrogen and oxygen atoms in total. The van der Waals surface area contributed by atoms with Crippen molar-refractivity contribution in [3.8, 4) is 0 Å². The molecule has 2 aromatic rings. The molecule has 1 heterocycles. The standard InChI is InChI=1S/C19H29NO/c1-6-16-18(14-9-7-8-10-17(14)21-16)15(20)11-13(2)12-19(3,4)5/h7-10,13,15H,6,11-12,20H2,1-5H3. The van der Waals surface area contributed by atoms with E-state index in [2.05, 4.69) is 46.8 Å². The molecule has 2 N–H and O–H groups in total. The van der Waals surface area contributed by atoms with E-state index in [0.717, 1.165) is 24.2 Å². The summed E-state index contributed by atoms with van der Waals surface area (Å²) in [6, 6.07) is 8.29. The summed E-state index contributed by atoms with van der Waals surface area (Å²) in [5, 5.41) is 1.19. The van der Waals surface area contributed by atoms with Crippen molar-refractivity contribution in [1.82, 2.24) is 0 Å². The van der Waals surface area contributed by atoms with Gasteiger partial charge >= 0.3 is 0 Å². The Morgan fingerprint density at radius 2 is 1.86 bits per heavy atom. The van der Waals surface area contributed by atoms with E-state index >= 15 is 0 Å². The summed E-state index contributed by atoms with van der Waals surface area (Å²) in [6.45, 7) is 11.3. The lowest BCUT2D eigenvalue weighted by molar-refractivity contribution is 0.286. The van der Waals surface area contributed by atoms with Crippen LogP contribution in [0, 0.1) is 11.3 Å².